The average Bonchev–Trinajstić information content (AvgIpc) is 3.49. The van der Waals surface area contributed by atoms with Crippen LogP contribution in [0.15, 0.2) is 91.0 Å². The molecule has 3 atom stereocenters. The number of rotatable bonds is 3. The van der Waals surface area contributed by atoms with Crippen LogP contribution in [0.3, 0.4) is 0 Å². The first-order valence-corrected chi connectivity index (χ1v) is 13.3. The molecule has 0 aromatic heterocycles. The standard InChI is InChI=1S/C28H24Si.Na.H/c1-29(26-17-14-20-8-2-5-11-23(20)26,27-18-15-21-9-3-6-12-24(21)27)28-19-16-22-10-4-7-13-25(22)28;;/h2-19,26-28H,1H3;;. The third kappa shape index (κ3) is 2.84. The van der Waals surface area contributed by atoms with Gasteiger partial charge in [0.2, 0.25) is 0 Å². The molecule has 0 N–H and O–H groups in total. The number of hydrogen-bond acceptors (Lipinski definition) is 0. The summed E-state index contributed by atoms with van der Waals surface area (Å²) in [6, 6.07) is 27.0. The zero-order valence-electron chi connectivity index (χ0n) is 16.6. The molecule has 6 rings (SSSR count). The quantitative estimate of drug-likeness (QED) is 0.433. The Morgan fingerprint density at radius 2 is 0.800 bits per heavy atom. The Morgan fingerprint density at radius 1 is 0.500 bits per heavy atom. The molecule has 3 aliphatic rings. The van der Waals surface area contributed by atoms with Gasteiger partial charge in [-0.3, -0.25) is 0 Å². The topological polar surface area (TPSA) is 0 Å². The van der Waals surface area contributed by atoms with Crippen LogP contribution in [0.5, 0.6) is 0 Å². The Kier molecular flexibility index (Phi) is 5.11. The molecule has 0 fully saturated rings. The van der Waals surface area contributed by atoms with Gasteiger partial charge in [0.1, 0.15) is 0 Å². The third-order valence-electron chi connectivity index (χ3n) is 7.41. The van der Waals surface area contributed by atoms with E-state index in [1.807, 2.05) is 0 Å². The van der Waals surface area contributed by atoms with Crippen molar-refractivity contribution in [2.24, 2.45) is 0 Å². The van der Waals surface area contributed by atoms with E-state index in [2.05, 4.69) is 116 Å². The van der Waals surface area contributed by atoms with Crippen LogP contribution in [0.1, 0.15) is 50.0 Å². The first kappa shape index (κ1) is 20.0. The van der Waals surface area contributed by atoms with E-state index in [0.717, 1.165) is 0 Å². The first-order chi connectivity index (χ1) is 14.3. The van der Waals surface area contributed by atoms with Crippen molar-refractivity contribution in [1.29, 1.82) is 0 Å². The van der Waals surface area contributed by atoms with Crippen molar-refractivity contribution in [2.75, 3.05) is 0 Å². The van der Waals surface area contributed by atoms with E-state index >= 15 is 0 Å². The van der Waals surface area contributed by atoms with Gasteiger partial charge in [0.15, 0.2) is 0 Å². The predicted octanol–water partition coefficient (Wildman–Crippen LogP) is 6.47. The molecule has 0 nitrogen and oxygen atoms in total. The van der Waals surface area contributed by atoms with E-state index in [0.29, 0.717) is 16.6 Å². The molecule has 30 heavy (non-hydrogen) atoms. The second kappa shape index (κ2) is 7.66. The molecule has 0 amide bonds. The molecule has 2 heteroatoms. The monoisotopic (exact) mass is 412 g/mol. The molecule has 0 radical (unpaired) electrons. The van der Waals surface area contributed by atoms with Crippen molar-refractivity contribution in [2.45, 2.75) is 23.2 Å². The number of fused-ring (bicyclic) bond motifs is 3. The molecule has 3 unspecified atom stereocenters. The zero-order valence-corrected chi connectivity index (χ0v) is 17.6. The van der Waals surface area contributed by atoms with Gasteiger partial charge in [-0.05, 0) is 50.0 Å². The van der Waals surface area contributed by atoms with Crippen LogP contribution in [0.2, 0.25) is 6.55 Å². The summed E-state index contributed by atoms with van der Waals surface area (Å²) in [5.74, 6) is 0. The van der Waals surface area contributed by atoms with Gasteiger partial charge in [-0.25, -0.2) is 0 Å². The second-order valence-electron chi connectivity index (χ2n) is 8.76. The number of hydrogen-bond donors (Lipinski definition) is 0. The van der Waals surface area contributed by atoms with Gasteiger partial charge in [0.05, 0.1) is 8.07 Å². The molecule has 0 heterocycles. The van der Waals surface area contributed by atoms with Crippen molar-refractivity contribution in [1.82, 2.24) is 0 Å². The Hall–Kier alpha value is -1.90. The van der Waals surface area contributed by atoms with Crippen LogP contribution in [-0.2, 0) is 0 Å². The van der Waals surface area contributed by atoms with Gasteiger partial charge in [0, 0.05) is 0 Å². The molecule has 0 saturated carbocycles. The van der Waals surface area contributed by atoms with Gasteiger partial charge >= 0.3 is 29.6 Å². The second-order valence-corrected chi connectivity index (χ2v) is 13.4. The van der Waals surface area contributed by atoms with Gasteiger partial charge in [-0.15, -0.1) is 0 Å². The van der Waals surface area contributed by atoms with Crippen LogP contribution in [0.4, 0.5) is 0 Å². The van der Waals surface area contributed by atoms with Crippen molar-refractivity contribution in [3.63, 3.8) is 0 Å². The number of allylic oxidation sites excluding steroid dienone is 3. The fourth-order valence-electron chi connectivity index (χ4n) is 5.96. The van der Waals surface area contributed by atoms with Gasteiger partial charge in [0.25, 0.3) is 0 Å². The molecule has 0 spiro atoms. The maximum absolute atomic E-state index is 2.65. The van der Waals surface area contributed by atoms with Crippen molar-refractivity contribution < 1.29 is 0 Å². The van der Waals surface area contributed by atoms with Gasteiger partial charge in [-0.2, -0.15) is 0 Å². The summed E-state index contributed by atoms with van der Waals surface area (Å²) in [4.78, 5) is 0. The molecule has 0 saturated heterocycles. The summed E-state index contributed by atoms with van der Waals surface area (Å²) in [5.41, 5.74) is 10.3. The van der Waals surface area contributed by atoms with E-state index in [4.69, 9.17) is 0 Å². The van der Waals surface area contributed by atoms with Gasteiger partial charge < -0.3 is 0 Å². The Balaban J connectivity index is 0.00000193. The van der Waals surface area contributed by atoms with Crippen LogP contribution in [-0.4, -0.2) is 37.6 Å². The third-order valence-corrected chi connectivity index (χ3v) is 12.9. The van der Waals surface area contributed by atoms with Crippen LogP contribution < -0.4 is 0 Å². The molecule has 3 aliphatic carbocycles. The average molecular weight is 413 g/mol. The number of benzene rings is 3. The normalized spacial score (nSPS) is 24.1. The molecule has 3 aromatic rings. The molecular weight excluding hydrogens is 387 g/mol. The predicted molar refractivity (Wildman–Crippen MR) is 133 cm³/mol. The maximum atomic E-state index is 2.65. The van der Waals surface area contributed by atoms with Crippen LogP contribution in [0, 0.1) is 0 Å². The van der Waals surface area contributed by atoms with E-state index in [-0.39, 0.29) is 29.6 Å². The molecule has 0 aliphatic heterocycles. The van der Waals surface area contributed by atoms with Crippen molar-refractivity contribution in [3.05, 3.63) is 124 Å². The van der Waals surface area contributed by atoms with E-state index in [9.17, 15) is 0 Å². The molecule has 0 bridgehead atoms. The van der Waals surface area contributed by atoms with Crippen LogP contribution in [0.25, 0.3) is 18.2 Å². The summed E-state index contributed by atoms with van der Waals surface area (Å²) in [5, 5.41) is 0. The van der Waals surface area contributed by atoms with Crippen LogP contribution >= 0.6 is 0 Å². The minimum atomic E-state index is -1.96. The summed E-state index contributed by atoms with van der Waals surface area (Å²) in [7, 11) is -1.96. The summed E-state index contributed by atoms with van der Waals surface area (Å²) in [6.45, 7) is 2.65. The van der Waals surface area contributed by atoms with Crippen molar-refractivity contribution in [3.8, 4) is 0 Å². The fourth-order valence-corrected chi connectivity index (χ4v) is 11.4. The molecular formula is C28H25NaSi. The minimum absolute atomic E-state index is 0. The molecule has 3 aromatic carbocycles. The fraction of sp³-hybridized carbons (Fsp3) is 0.143. The molecule has 142 valence electrons. The van der Waals surface area contributed by atoms with Crippen molar-refractivity contribution >= 4 is 55.9 Å². The first-order valence-electron chi connectivity index (χ1n) is 10.6. The summed E-state index contributed by atoms with van der Waals surface area (Å²) < 4.78 is 0. The Labute approximate surface area is 202 Å². The Bertz CT molecular complexity index is 1050. The van der Waals surface area contributed by atoms with E-state index in [1.165, 1.54) is 33.4 Å². The Morgan fingerprint density at radius 3 is 1.13 bits per heavy atom. The van der Waals surface area contributed by atoms with E-state index < -0.39 is 8.07 Å². The van der Waals surface area contributed by atoms with E-state index in [1.54, 1.807) is 0 Å². The zero-order chi connectivity index (χ0) is 19.4. The summed E-state index contributed by atoms with van der Waals surface area (Å²) >= 11 is 0. The summed E-state index contributed by atoms with van der Waals surface area (Å²) in [6.07, 6.45) is 14.6. The SMILES string of the molecule is C[Si](C1C=Cc2ccccc21)(C1C=Cc2ccccc21)C1C=Cc2ccccc21.[NaH]. The van der Waals surface area contributed by atoms with Gasteiger partial charge in [-0.1, -0.05) is 116 Å².